The van der Waals surface area contributed by atoms with Gasteiger partial charge in [-0.3, -0.25) is 4.90 Å². The van der Waals surface area contributed by atoms with E-state index in [1.807, 2.05) is 14.1 Å². The van der Waals surface area contributed by atoms with Gasteiger partial charge < -0.3 is 4.90 Å². The summed E-state index contributed by atoms with van der Waals surface area (Å²) in [6, 6.07) is 16.9. The molecule has 6 heteroatoms. The van der Waals surface area contributed by atoms with Gasteiger partial charge in [-0.1, -0.05) is 36.4 Å². The largest absolute Gasteiger partial charge is 0.378 e. The molecule has 1 heterocycles. The molecule has 0 aliphatic carbocycles. The highest BCUT2D eigenvalue weighted by Gasteiger charge is 2.27. The molecule has 0 amide bonds. The van der Waals surface area contributed by atoms with E-state index >= 15 is 0 Å². The third-order valence-corrected chi connectivity index (χ3v) is 7.30. The molecule has 152 valence electrons. The summed E-state index contributed by atoms with van der Waals surface area (Å²) < 4.78 is 27.5. The first-order chi connectivity index (χ1) is 13.3. The first-order valence-corrected chi connectivity index (χ1v) is 11.4. The predicted octanol–water partition coefficient (Wildman–Crippen LogP) is 3.18. The van der Waals surface area contributed by atoms with Gasteiger partial charge in [-0.2, -0.15) is 0 Å². The monoisotopic (exact) mass is 401 g/mol. The van der Waals surface area contributed by atoms with E-state index in [1.165, 1.54) is 11.1 Å². The Morgan fingerprint density at radius 3 is 2.29 bits per heavy atom. The summed E-state index contributed by atoms with van der Waals surface area (Å²) in [6.45, 7) is 5.55. The Morgan fingerprint density at radius 2 is 1.68 bits per heavy atom. The van der Waals surface area contributed by atoms with Crippen molar-refractivity contribution < 1.29 is 8.42 Å². The second kappa shape index (κ2) is 8.64. The molecule has 1 N–H and O–H groups in total. The normalized spacial score (nSPS) is 16.0. The van der Waals surface area contributed by atoms with Gasteiger partial charge in [0, 0.05) is 45.5 Å². The van der Waals surface area contributed by atoms with Gasteiger partial charge in [0.15, 0.2) is 0 Å². The van der Waals surface area contributed by atoms with E-state index in [-0.39, 0.29) is 6.04 Å². The van der Waals surface area contributed by atoms with E-state index in [1.54, 1.807) is 13.8 Å². The van der Waals surface area contributed by atoms with Crippen molar-refractivity contribution in [2.24, 2.45) is 0 Å². The lowest BCUT2D eigenvalue weighted by Gasteiger charge is -2.36. The van der Waals surface area contributed by atoms with Gasteiger partial charge >= 0.3 is 0 Å². The molecule has 3 rings (SSSR count). The van der Waals surface area contributed by atoms with Crippen molar-refractivity contribution in [3.05, 3.63) is 65.2 Å². The van der Waals surface area contributed by atoms with Gasteiger partial charge in [0.2, 0.25) is 10.0 Å². The van der Waals surface area contributed by atoms with Crippen LogP contribution < -0.4 is 9.62 Å². The summed E-state index contributed by atoms with van der Waals surface area (Å²) in [5.74, 6) is 0. The van der Waals surface area contributed by atoms with Crippen LogP contribution in [0.4, 0.5) is 5.69 Å². The second-order valence-electron chi connectivity index (χ2n) is 7.93. The maximum atomic E-state index is 12.4. The zero-order valence-electron chi connectivity index (χ0n) is 17.2. The maximum absolute atomic E-state index is 12.4. The van der Waals surface area contributed by atoms with E-state index in [0.717, 1.165) is 30.8 Å². The topological polar surface area (TPSA) is 52.7 Å². The lowest BCUT2D eigenvalue weighted by atomic mass is 9.96. The molecule has 2 aromatic carbocycles. The molecule has 0 saturated heterocycles. The van der Waals surface area contributed by atoms with E-state index in [9.17, 15) is 8.42 Å². The molecule has 1 aliphatic heterocycles. The number of nitrogens with zero attached hydrogens (tertiary/aromatic N) is 2. The minimum absolute atomic E-state index is 0.00177. The zero-order valence-corrected chi connectivity index (χ0v) is 18.0. The van der Waals surface area contributed by atoms with Crippen molar-refractivity contribution in [3.63, 3.8) is 0 Å². The SMILES string of the molecule is CC(C)S(=O)(=O)NC[C@H](c1ccc(N(C)C)cc1)N1CCc2ccccc2C1. The Kier molecular flexibility index (Phi) is 6.43. The molecule has 0 aromatic heterocycles. The second-order valence-corrected chi connectivity index (χ2v) is 10.3. The molecular weight excluding hydrogens is 370 g/mol. The minimum atomic E-state index is -3.31. The number of sulfonamides is 1. The Balaban J connectivity index is 1.86. The lowest BCUT2D eigenvalue weighted by molar-refractivity contribution is 0.180. The first-order valence-electron chi connectivity index (χ1n) is 9.84. The molecule has 0 fully saturated rings. The summed E-state index contributed by atoms with van der Waals surface area (Å²) in [5.41, 5.74) is 4.99. The third-order valence-electron chi connectivity index (χ3n) is 5.49. The van der Waals surface area contributed by atoms with E-state index in [0.29, 0.717) is 6.54 Å². The smallest absolute Gasteiger partial charge is 0.213 e. The average Bonchev–Trinajstić information content (AvgIpc) is 2.68. The van der Waals surface area contributed by atoms with E-state index < -0.39 is 15.3 Å². The average molecular weight is 402 g/mol. The van der Waals surface area contributed by atoms with Gasteiger partial charge in [0.05, 0.1) is 5.25 Å². The fourth-order valence-electron chi connectivity index (χ4n) is 3.60. The number of nitrogens with one attached hydrogen (secondary N) is 1. The van der Waals surface area contributed by atoms with Crippen LogP contribution in [0.15, 0.2) is 48.5 Å². The fraction of sp³-hybridized carbons (Fsp3) is 0.455. The molecule has 0 spiro atoms. The molecule has 0 bridgehead atoms. The van der Waals surface area contributed by atoms with Crippen LogP contribution >= 0.6 is 0 Å². The molecule has 1 aliphatic rings. The van der Waals surface area contributed by atoms with Gasteiger partial charge in [0.25, 0.3) is 0 Å². The van der Waals surface area contributed by atoms with Crippen molar-refractivity contribution in [1.29, 1.82) is 0 Å². The summed E-state index contributed by atoms with van der Waals surface area (Å²) in [7, 11) is 0.730. The number of fused-ring (bicyclic) bond motifs is 1. The van der Waals surface area contributed by atoms with Crippen molar-refractivity contribution in [1.82, 2.24) is 9.62 Å². The van der Waals surface area contributed by atoms with Crippen molar-refractivity contribution in [2.45, 2.75) is 38.1 Å². The molecule has 1 atom stereocenters. The molecular formula is C22H31N3O2S. The van der Waals surface area contributed by atoms with Gasteiger partial charge in [-0.15, -0.1) is 0 Å². The first kappa shape index (κ1) is 20.8. The van der Waals surface area contributed by atoms with Crippen molar-refractivity contribution in [3.8, 4) is 0 Å². The number of hydrogen-bond acceptors (Lipinski definition) is 4. The van der Waals surface area contributed by atoms with Crippen molar-refractivity contribution in [2.75, 3.05) is 32.1 Å². The minimum Gasteiger partial charge on any atom is -0.378 e. The fourth-order valence-corrected chi connectivity index (χ4v) is 4.32. The summed E-state index contributed by atoms with van der Waals surface area (Å²) >= 11 is 0. The van der Waals surface area contributed by atoms with Gasteiger partial charge in [-0.05, 0) is 49.1 Å². The van der Waals surface area contributed by atoms with Gasteiger partial charge in [-0.25, -0.2) is 13.1 Å². The standard InChI is InChI=1S/C22H31N3O2S/c1-17(2)28(26,27)23-15-22(19-9-11-21(12-10-19)24(3)4)25-14-13-18-7-5-6-8-20(18)16-25/h5-12,17,22-23H,13-16H2,1-4H3/t22-/m1/s1. The Labute approximate surface area is 169 Å². The van der Waals surface area contributed by atoms with Crippen LogP contribution in [-0.2, 0) is 23.0 Å². The molecule has 5 nitrogen and oxygen atoms in total. The zero-order chi connectivity index (χ0) is 20.3. The quantitative estimate of drug-likeness (QED) is 0.774. The molecule has 0 saturated carbocycles. The number of rotatable bonds is 7. The van der Waals surface area contributed by atoms with Gasteiger partial charge in [0.1, 0.15) is 0 Å². The van der Waals surface area contributed by atoms with Crippen LogP contribution in [0.2, 0.25) is 0 Å². The maximum Gasteiger partial charge on any atom is 0.213 e. The highest BCUT2D eigenvalue weighted by atomic mass is 32.2. The van der Waals surface area contributed by atoms with E-state index in [2.05, 4.69) is 63.1 Å². The summed E-state index contributed by atoms with van der Waals surface area (Å²) in [6.07, 6.45) is 0.986. The van der Waals surface area contributed by atoms with Crippen LogP contribution in [0.1, 0.15) is 36.6 Å². The molecule has 0 radical (unpaired) electrons. The Morgan fingerprint density at radius 1 is 1.04 bits per heavy atom. The lowest BCUT2D eigenvalue weighted by Crippen LogP contribution is -2.42. The van der Waals surface area contributed by atoms with Crippen LogP contribution in [0.5, 0.6) is 0 Å². The van der Waals surface area contributed by atoms with Crippen LogP contribution in [0.25, 0.3) is 0 Å². The van der Waals surface area contributed by atoms with E-state index in [4.69, 9.17) is 0 Å². The highest BCUT2D eigenvalue weighted by Crippen LogP contribution is 2.29. The summed E-state index contributed by atoms with van der Waals surface area (Å²) in [4.78, 5) is 4.45. The van der Waals surface area contributed by atoms with Crippen LogP contribution in [-0.4, -0.2) is 45.8 Å². The Bertz CT molecular complexity index is 892. The number of anilines is 1. The number of benzene rings is 2. The van der Waals surface area contributed by atoms with Crippen LogP contribution in [0, 0.1) is 0 Å². The van der Waals surface area contributed by atoms with Crippen molar-refractivity contribution >= 4 is 15.7 Å². The molecule has 2 aromatic rings. The third kappa shape index (κ3) is 4.74. The molecule has 0 unspecified atom stereocenters. The summed E-state index contributed by atoms with van der Waals surface area (Å²) in [5, 5.41) is -0.439. The predicted molar refractivity (Wildman–Crippen MR) is 116 cm³/mol. The Hall–Kier alpha value is -1.89. The number of hydrogen-bond donors (Lipinski definition) is 1. The highest BCUT2D eigenvalue weighted by molar-refractivity contribution is 7.90. The molecule has 28 heavy (non-hydrogen) atoms. The van der Waals surface area contributed by atoms with Crippen LogP contribution in [0.3, 0.4) is 0 Å².